The average molecular weight is 323 g/mol. The van der Waals surface area contributed by atoms with Gasteiger partial charge in [-0.2, -0.15) is 0 Å². The highest BCUT2D eigenvalue weighted by atomic mass is 16.7. The van der Waals surface area contributed by atoms with Gasteiger partial charge in [0.25, 0.3) is 5.91 Å². The predicted molar refractivity (Wildman–Crippen MR) is 92.4 cm³/mol. The van der Waals surface area contributed by atoms with Gasteiger partial charge in [-0.05, 0) is 47.2 Å². The van der Waals surface area contributed by atoms with Crippen LogP contribution in [-0.2, 0) is 5.91 Å². The molecule has 1 unspecified atom stereocenters. The maximum atomic E-state index is 13.0. The summed E-state index contributed by atoms with van der Waals surface area (Å²) in [4.78, 5) is 14.4. The Morgan fingerprint density at radius 3 is 2.29 bits per heavy atom. The summed E-state index contributed by atoms with van der Waals surface area (Å²) in [6, 6.07) is 11.4. The largest absolute Gasteiger partial charge is 0.438 e. The van der Waals surface area contributed by atoms with E-state index in [1.807, 2.05) is 30.3 Å². The number of hydrogen-bond acceptors (Lipinski definition) is 3. The third-order valence-electron chi connectivity index (χ3n) is 4.94. The molecule has 4 nitrogen and oxygen atoms in total. The molecule has 2 aromatic carbocycles. The van der Waals surface area contributed by atoms with E-state index in [0.717, 1.165) is 11.1 Å². The SMILES string of the molecule is CC(C)c1ccc2c(c1)C(=O)N1c3cc(C(C)C)ccc3OC21O. The van der Waals surface area contributed by atoms with Gasteiger partial charge in [0.1, 0.15) is 5.75 Å². The third kappa shape index (κ3) is 1.86. The summed E-state index contributed by atoms with van der Waals surface area (Å²) < 4.78 is 5.81. The first-order valence-corrected chi connectivity index (χ1v) is 8.37. The number of carbonyl (C=O) groups is 1. The lowest BCUT2D eigenvalue weighted by molar-refractivity contribution is -0.121. The zero-order chi connectivity index (χ0) is 17.2. The Kier molecular flexibility index (Phi) is 3.06. The summed E-state index contributed by atoms with van der Waals surface area (Å²) in [6.45, 7) is 8.35. The Hall–Kier alpha value is -2.33. The Morgan fingerprint density at radius 2 is 1.62 bits per heavy atom. The number of amides is 1. The van der Waals surface area contributed by atoms with E-state index in [1.165, 1.54) is 4.90 Å². The third-order valence-corrected chi connectivity index (χ3v) is 4.94. The van der Waals surface area contributed by atoms with Crippen molar-refractivity contribution in [2.24, 2.45) is 0 Å². The van der Waals surface area contributed by atoms with Crippen LogP contribution in [0.5, 0.6) is 5.75 Å². The van der Waals surface area contributed by atoms with Crippen molar-refractivity contribution in [3.05, 3.63) is 58.7 Å². The molecule has 2 aliphatic rings. The molecule has 0 bridgehead atoms. The van der Waals surface area contributed by atoms with Crippen LogP contribution < -0.4 is 9.64 Å². The van der Waals surface area contributed by atoms with Gasteiger partial charge >= 0.3 is 5.91 Å². The lowest BCUT2D eigenvalue weighted by atomic mass is 9.97. The van der Waals surface area contributed by atoms with Crippen molar-refractivity contribution in [2.45, 2.75) is 45.4 Å². The molecule has 24 heavy (non-hydrogen) atoms. The minimum atomic E-state index is -1.74. The summed E-state index contributed by atoms with van der Waals surface area (Å²) in [5.41, 5.74) is 3.84. The van der Waals surface area contributed by atoms with Crippen molar-refractivity contribution >= 4 is 11.6 Å². The molecular formula is C20H21NO3. The van der Waals surface area contributed by atoms with Crippen molar-refractivity contribution in [3.63, 3.8) is 0 Å². The number of nitrogens with zero attached hydrogens (tertiary/aromatic N) is 1. The Balaban J connectivity index is 1.87. The molecule has 2 aliphatic heterocycles. The molecule has 0 saturated carbocycles. The Labute approximate surface area is 141 Å². The maximum Gasteiger partial charge on any atom is 0.328 e. The lowest BCUT2D eigenvalue weighted by Gasteiger charge is -2.24. The number of rotatable bonds is 2. The van der Waals surface area contributed by atoms with Gasteiger partial charge in [0, 0.05) is 0 Å². The van der Waals surface area contributed by atoms with Crippen molar-refractivity contribution in [2.75, 3.05) is 4.90 Å². The van der Waals surface area contributed by atoms with Crippen LogP contribution in [0.1, 0.15) is 66.6 Å². The summed E-state index contributed by atoms with van der Waals surface area (Å²) in [5.74, 6) is -0.770. The van der Waals surface area contributed by atoms with Crippen LogP contribution in [0.25, 0.3) is 0 Å². The second kappa shape index (κ2) is 4.84. The van der Waals surface area contributed by atoms with E-state index in [1.54, 1.807) is 6.07 Å². The molecule has 0 saturated heterocycles. The van der Waals surface area contributed by atoms with E-state index < -0.39 is 5.91 Å². The first-order valence-electron chi connectivity index (χ1n) is 8.37. The number of anilines is 1. The van der Waals surface area contributed by atoms with E-state index in [-0.39, 0.29) is 5.91 Å². The molecule has 4 heteroatoms. The van der Waals surface area contributed by atoms with Crippen LogP contribution >= 0.6 is 0 Å². The molecule has 124 valence electrons. The summed E-state index contributed by atoms with van der Waals surface area (Å²) in [5, 5.41) is 11.1. The second-order valence-electron chi connectivity index (χ2n) is 7.19. The van der Waals surface area contributed by atoms with Gasteiger partial charge in [0.05, 0.1) is 16.8 Å². The molecule has 0 aliphatic carbocycles. The molecular weight excluding hydrogens is 302 g/mol. The molecule has 1 N–H and O–H groups in total. The lowest BCUT2D eigenvalue weighted by Crippen LogP contribution is -2.44. The number of carbonyl (C=O) groups excluding carboxylic acids is 1. The molecule has 0 spiro atoms. The molecule has 0 fully saturated rings. The topological polar surface area (TPSA) is 49.8 Å². The molecule has 0 radical (unpaired) electrons. The molecule has 2 aromatic rings. The number of hydrogen-bond donors (Lipinski definition) is 1. The van der Waals surface area contributed by atoms with Gasteiger partial charge in [0.2, 0.25) is 0 Å². The first kappa shape index (κ1) is 15.2. The van der Waals surface area contributed by atoms with Crippen molar-refractivity contribution in [1.82, 2.24) is 0 Å². The normalized spacial score (nSPS) is 21.1. The standard InChI is InChI=1S/C20H21NO3/c1-11(2)13-5-7-16-15(9-13)19(22)21-17-10-14(12(3)4)6-8-18(17)24-20(16,21)23/h5-12,23H,1-4H3. The fourth-order valence-electron chi connectivity index (χ4n) is 3.44. The van der Waals surface area contributed by atoms with Crippen LogP contribution in [0, 0.1) is 0 Å². The van der Waals surface area contributed by atoms with Crippen LogP contribution in [0.4, 0.5) is 5.69 Å². The minimum Gasteiger partial charge on any atom is -0.438 e. The smallest absolute Gasteiger partial charge is 0.328 e. The molecule has 1 atom stereocenters. The Bertz CT molecular complexity index is 856. The monoisotopic (exact) mass is 323 g/mol. The maximum absolute atomic E-state index is 13.0. The van der Waals surface area contributed by atoms with Crippen LogP contribution in [0.15, 0.2) is 36.4 Å². The minimum absolute atomic E-state index is 0.213. The fourth-order valence-corrected chi connectivity index (χ4v) is 3.44. The van der Waals surface area contributed by atoms with E-state index >= 15 is 0 Å². The fraction of sp³-hybridized carbons (Fsp3) is 0.350. The molecule has 1 amide bonds. The van der Waals surface area contributed by atoms with Gasteiger partial charge in [-0.25, -0.2) is 4.90 Å². The first-order chi connectivity index (χ1) is 11.3. The average Bonchev–Trinajstić information content (AvgIpc) is 2.95. The Morgan fingerprint density at radius 1 is 1.00 bits per heavy atom. The highest BCUT2D eigenvalue weighted by molar-refractivity contribution is 6.13. The molecule has 0 aromatic heterocycles. The van der Waals surface area contributed by atoms with Crippen molar-refractivity contribution in [3.8, 4) is 5.75 Å². The zero-order valence-electron chi connectivity index (χ0n) is 14.3. The number of aliphatic hydroxyl groups is 1. The van der Waals surface area contributed by atoms with Gasteiger partial charge in [0.15, 0.2) is 0 Å². The summed E-state index contributed by atoms with van der Waals surface area (Å²) in [7, 11) is 0. The van der Waals surface area contributed by atoms with Crippen molar-refractivity contribution < 1.29 is 14.6 Å². The summed E-state index contributed by atoms with van der Waals surface area (Å²) in [6.07, 6.45) is 0. The highest BCUT2D eigenvalue weighted by Gasteiger charge is 2.57. The molecule has 2 heterocycles. The quantitative estimate of drug-likeness (QED) is 0.905. The number of fused-ring (bicyclic) bond motifs is 5. The van der Waals surface area contributed by atoms with Crippen molar-refractivity contribution in [1.29, 1.82) is 0 Å². The molecule has 4 rings (SSSR count). The number of ether oxygens (including phenoxy) is 1. The van der Waals surface area contributed by atoms with Crippen LogP contribution in [0.2, 0.25) is 0 Å². The summed E-state index contributed by atoms with van der Waals surface area (Å²) >= 11 is 0. The highest BCUT2D eigenvalue weighted by Crippen LogP contribution is 2.52. The van der Waals surface area contributed by atoms with Gasteiger partial charge in [-0.1, -0.05) is 39.8 Å². The van der Waals surface area contributed by atoms with Gasteiger partial charge in [-0.15, -0.1) is 0 Å². The van der Waals surface area contributed by atoms with Crippen LogP contribution in [0.3, 0.4) is 0 Å². The van der Waals surface area contributed by atoms with E-state index in [0.29, 0.717) is 34.4 Å². The second-order valence-corrected chi connectivity index (χ2v) is 7.19. The van der Waals surface area contributed by atoms with E-state index in [2.05, 4.69) is 27.7 Å². The number of benzene rings is 2. The predicted octanol–water partition coefficient (Wildman–Crippen LogP) is 4.09. The van der Waals surface area contributed by atoms with E-state index in [9.17, 15) is 9.90 Å². The van der Waals surface area contributed by atoms with Gasteiger partial charge in [-0.3, -0.25) is 4.79 Å². The van der Waals surface area contributed by atoms with Crippen LogP contribution in [-0.4, -0.2) is 11.0 Å². The van der Waals surface area contributed by atoms with E-state index in [4.69, 9.17) is 4.74 Å². The zero-order valence-corrected chi connectivity index (χ0v) is 14.3. The van der Waals surface area contributed by atoms with Gasteiger partial charge < -0.3 is 9.84 Å².